The number of likely N-dealkylation sites (tertiary alicyclic amines) is 1. The molecular weight excluding hydrogens is 402 g/mol. The Morgan fingerprint density at radius 1 is 1.26 bits per heavy atom. The Labute approximate surface area is 152 Å². The molecule has 0 aromatic carbocycles. The van der Waals surface area contributed by atoms with Gasteiger partial charge in [0.15, 0.2) is 5.69 Å². The van der Waals surface area contributed by atoms with E-state index in [2.05, 4.69) is 10.1 Å². The summed E-state index contributed by atoms with van der Waals surface area (Å²) in [6, 6.07) is 0. The number of nitrogens with zero attached hydrogens (tertiary/aromatic N) is 4. The molecule has 0 bridgehead atoms. The first-order chi connectivity index (χ1) is 12.5. The highest BCUT2D eigenvalue weighted by Crippen LogP contribution is 2.36. The second kappa shape index (κ2) is 6.93. The molecule has 1 atom stereocenters. The Bertz CT molecular complexity index is 843. The molecule has 0 radical (unpaired) electrons. The summed E-state index contributed by atoms with van der Waals surface area (Å²) in [6.07, 6.45) is -10.7. The van der Waals surface area contributed by atoms with Crippen molar-refractivity contribution in [3.8, 4) is 0 Å². The largest absolute Gasteiger partial charge is 0.435 e. The van der Waals surface area contributed by atoms with Gasteiger partial charge in [-0.25, -0.2) is 9.50 Å². The zero-order valence-electron chi connectivity index (χ0n) is 13.9. The van der Waals surface area contributed by atoms with E-state index in [1.54, 1.807) is 0 Å². The minimum atomic E-state index is -4.78. The molecule has 1 amide bonds. The highest BCUT2D eigenvalue weighted by Gasteiger charge is 2.42. The first kappa shape index (κ1) is 19.9. The van der Waals surface area contributed by atoms with Crippen molar-refractivity contribution >= 4 is 22.2 Å². The molecule has 3 heterocycles. The van der Waals surface area contributed by atoms with Crippen LogP contribution in [0.3, 0.4) is 0 Å². The van der Waals surface area contributed by atoms with E-state index in [-0.39, 0.29) is 30.2 Å². The fourth-order valence-corrected chi connectivity index (χ4v) is 3.92. The highest BCUT2D eigenvalue weighted by molar-refractivity contribution is 7.16. The van der Waals surface area contributed by atoms with Gasteiger partial charge in [-0.1, -0.05) is 11.3 Å². The third-order valence-electron chi connectivity index (χ3n) is 4.03. The van der Waals surface area contributed by atoms with Crippen molar-refractivity contribution in [2.24, 2.45) is 5.92 Å². The predicted octanol–water partition coefficient (Wildman–Crippen LogP) is 3.26. The van der Waals surface area contributed by atoms with Crippen LogP contribution in [0.2, 0.25) is 0 Å². The van der Waals surface area contributed by atoms with Gasteiger partial charge in [-0.2, -0.15) is 31.4 Å². The number of amides is 1. The van der Waals surface area contributed by atoms with Crippen LogP contribution >= 0.6 is 11.3 Å². The number of ether oxygens (including phenoxy) is 1. The van der Waals surface area contributed by atoms with E-state index < -0.39 is 42.8 Å². The Kier molecular flexibility index (Phi) is 5.10. The highest BCUT2D eigenvalue weighted by atomic mass is 32.1. The van der Waals surface area contributed by atoms with Crippen molar-refractivity contribution in [3.05, 3.63) is 16.4 Å². The fraction of sp³-hybridized carbons (Fsp3) is 0.643. The van der Waals surface area contributed by atoms with Gasteiger partial charge < -0.3 is 9.64 Å². The number of imidazole rings is 1. The summed E-state index contributed by atoms with van der Waals surface area (Å²) in [6.45, 7) is -0.706. The van der Waals surface area contributed by atoms with Gasteiger partial charge in [0.1, 0.15) is 5.01 Å². The number of methoxy groups -OCH3 is 1. The maximum Gasteiger partial charge on any atom is 0.435 e. The molecule has 0 unspecified atom stereocenters. The van der Waals surface area contributed by atoms with Crippen molar-refractivity contribution < 1.29 is 35.9 Å². The van der Waals surface area contributed by atoms with Crippen molar-refractivity contribution in [2.45, 2.75) is 38.3 Å². The van der Waals surface area contributed by atoms with Crippen LogP contribution in [0.1, 0.15) is 29.2 Å². The summed E-state index contributed by atoms with van der Waals surface area (Å²) in [5, 5.41) is 4.40. The number of fused-ring (bicyclic) bond motifs is 1. The quantitative estimate of drug-likeness (QED) is 0.703. The van der Waals surface area contributed by atoms with Crippen LogP contribution in [-0.4, -0.2) is 45.2 Å². The van der Waals surface area contributed by atoms with Crippen LogP contribution in [0.15, 0.2) is 0 Å². The number of hydrogen-bond donors (Lipinski definition) is 0. The smallest absolute Gasteiger partial charge is 0.377 e. The predicted molar refractivity (Wildman–Crippen MR) is 80.8 cm³/mol. The van der Waals surface area contributed by atoms with Crippen LogP contribution in [0.25, 0.3) is 4.96 Å². The average Bonchev–Trinajstić information content (AvgIpc) is 3.12. The second-order valence-corrected chi connectivity index (χ2v) is 7.23. The molecule has 0 N–H and O–H groups in total. The molecule has 0 saturated carbocycles. The van der Waals surface area contributed by atoms with Gasteiger partial charge in [0.05, 0.1) is 18.8 Å². The number of rotatable bonds is 5. The SMILES string of the molecule is COCc1nn2c(CN3C[C@@H](CC(F)(F)F)CC3=O)c(C(F)(F)F)nc2s1. The van der Waals surface area contributed by atoms with Crippen LogP contribution in [0, 0.1) is 5.92 Å². The van der Waals surface area contributed by atoms with E-state index in [4.69, 9.17) is 4.74 Å². The fourth-order valence-electron chi connectivity index (χ4n) is 3.03. The molecular formula is C14H14F6N4O2S. The number of alkyl halides is 6. The topological polar surface area (TPSA) is 59.7 Å². The molecule has 13 heteroatoms. The van der Waals surface area contributed by atoms with E-state index in [0.717, 1.165) is 20.8 Å². The van der Waals surface area contributed by atoms with Gasteiger partial charge in [-0.15, -0.1) is 0 Å². The summed E-state index contributed by atoms with van der Waals surface area (Å²) >= 11 is 0.904. The Hall–Kier alpha value is -1.89. The first-order valence-corrected chi connectivity index (χ1v) is 8.57. The summed E-state index contributed by atoms with van der Waals surface area (Å²) in [7, 11) is 1.40. The first-order valence-electron chi connectivity index (χ1n) is 7.76. The molecule has 6 nitrogen and oxygen atoms in total. The lowest BCUT2D eigenvalue weighted by Crippen LogP contribution is -2.27. The summed E-state index contributed by atoms with van der Waals surface area (Å²) < 4.78 is 83.4. The normalized spacial score (nSPS) is 18.9. The Morgan fingerprint density at radius 3 is 2.56 bits per heavy atom. The number of carbonyl (C=O) groups excluding carboxylic acids is 1. The summed E-state index contributed by atoms with van der Waals surface area (Å²) in [4.78, 5) is 16.5. The zero-order valence-corrected chi connectivity index (χ0v) is 14.7. The van der Waals surface area contributed by atoms with E-state index in [1.165, 1.54) is 7.11 Å². The molecule has 27 heavy (non-hydrogen) atoms. The van der Waals surface area contributed by atoms with Crippen molar-refractivity contribution in [1.29, 1.82) is 0 Å². The lowest BCUT2D eigenvalue weighted by Gasteiger charge is -2.18. The lowest BCUT2D eigenvalue weighted by molar-refractivity contribution is -0.143. The van der Waals surface area contributed by atoms with Gasteiger partial charge in [0.25, 0.3) is 0 Å². The van der Waals surface area contributed by atoms with Gasteiger partial charge in [-0.3, -0.25) is 4.79 Å². The Morgan fingerprint density at radius 2 is 1.96 bits per heavy atom. The Balaban J connectivity index is 1.89. The van der Waals surface area contributed by atoms with E-state index in [0.29, 0.717) is 5.01 Å². The maximum absolute atomic E-state index is 13.3. The minimum absolute atomic E-state index is 0.0251. The number of halogens is 6. The van der Waals surface area contributed by atoms with E-state index in [1.807, 2.05) is 0 Å². The summed E-state index contributed by atoms with van der Waals surface area (Å²) in [5.74, 6) is -1.60. The van der Waals surface area contributed by atoms with Gasteiger partial charge in [-0.05, 0) is 5.92 Å². The molecule has 1 fully saturated rings. The zero-order chi connectivity index (χ0) is 20.0. The monoisotopic (exact) mass is 416 g/mol. The molecule has 1 saturated heterocycles. The van der Waals surface area contributed by atoms with Crippen LogP contribution in [0.5, 0.6) is 0 Å². The van der Waals surface area contributed by atoms with Crippen LogP contribution < -0.4 is 0 Å². The molecule has 1 aliphatic rings. The van der Waals surface area contributed by atoms with E-state index >= 15 is 0 Å². The van der Waals surface area contributed by atoms with Crippen molar-refractivity contribution in [3.63, 3.8) is 0 Å². The van der Waals surface area contributed by atoms with Crippen LogP contribution in [-0.2, 0) is 28.9 Å². The molecule has 0 spiro atoms. The third kappa shape index (κ3) is 4.34. The second-order valence-electron chi connectivity index (χ2n) is 6.19. The molecule has 2 aromatic rings. The number of aromatic nitrogens is 3. The maximum atomic E-state index is 13.3. The average molecular weight is 416 g/mol. The lowest BCUT2D eigenvalue weighted by atomic mass is 10.1. The molecule has 1 aliphatic heterocycles. The van der Waals surface area contributed by atoms with Gasteiger partial charge in [0.2, 0.25) is 10.9 Å². The minimum Gasteiger partial charge on any atom is -0.377 e. The standard InChI is InChI=1S/C14H14F6N4O2S/c1-26-6-9-22-24-8(11(14(18,19)20)21-12(24)27-9)5-23-4-7(2-10(23)25)3-13(15,16)17/h7H,2-6H2,1H3/t7-/m1/s1. The van der Waals surface area contributed by atoms with Crippen LogP contribution in [0.4, 0.5) is 26.3 Å². The number of carbonyl (C=O) groups is 1. The summed E-state index contributed by atoms with van der Waals surface area (Å²) in [5.41, 5.74) is -1.57. The van der Waals surface area contributed by atoms with Crippen molar-refractivity contribution in [2.75, 3.05) is 13.7 Å². The van der Waals surface area contributed by atoms with E-state index in [9.17, 15) is 31.1 Å². The van der Waals surface area contributed by atoms with Gasteiger partial charge in [0, 0.05) is 26.5 Å². The molecule has 3 rings (SSSR count). The number of hydrogen-bond acceptors (Lipinski definition) is 5. The van der Waals surface area contributed by atoms with Gasteiger partial charge >= 0.3 is 12.4 Å². The molecule has 2 aromatic heterocycles. The van der Waals surface area contributed by atoms with Crippen molar-refractivity contribution in [1.82, 2.24) is 19.5 Å². The molecule has 150 valence electrons. The molecule has 0 aliphatic carbocycles. The third-order valence-corrected chi connectivity index (χ3v) is 4.91.